The third-order valence-electron chi connectivity index (χ3n) is 4.32. The number of rotatable bonds is 10. The molecule has 2 rings (SSSR count). The van der Waals surface area contributed by atoms with Gasteiger partial charge in [-0.3, -0.25) is 4.90 Å². The standard InChI is InChI=1S/C21H29N3O4/c1-5-12-28-16-10-8-15(9-11-16)13-24(4)14-18-19(20(25)27-7-3)17(6-2)22-21(26)23-18/h5,8-11,17H,1,6-7,12-14H2,2-4H3,(H2,22,23,26). The third kappa shape index (κ3) is 5.85. The number of hydrogen-bond donors (Lipinski definition) is 2. The van der Waals surface area contributed by atoms with Crippen molar-refractivity contribution in [2.75, 3.05) is 26.8 Å². The Kier molecular flexibility index (Phi) is 8.07. The molecule has 7 nitrogen and oxygen atoms in total. The second kappa shape index (κ2) is 10.5. The van der Waals surface area contributed by atoms with Gasteiger partial charge in [0.2, 0.25) is 0 Å². The number of ether oxygens (including phenoxy) is 2. The highest BCUT2D eigenvalue weighted by Crippen LogP contribution is 2.19. The summed E-state index contributed by atoms with van der Waals surface area (Å²) >= 11 is 0. The molecule has 0 bridgehead atoms. The number of amides is 2. The van der Waals surface area contributed by atoms with E-state index in [0.717, 1.165) is 11.3 Å². The maximum atomic E-state index is 12.4. The summed E-state index contributed by atoms with van der Waals surface area (Å²) in [7, 11) is 1.94. The zero-order valence-electron chi connectivity index (χ0n) is 16.8. The molecule has 2 amide bonds. The van der Waals surface area contributed by atoms with Gasteiger partial charge in [-0.05, 0) is 38.1 Å². The highest BCUT2D eigenvalue weighted by atomic mass is 16.5. The molecule has 0 saturated carbocycles. The van der Waals surface area contributed by atoms with E-state index >= 15 is 0 Å². The van der Waals surface area contributed by atoms with E-state index in [9.17, 15) is 9.59 Å². The fourth-order valence-electron chi connectivity index (χ4n) is 3.07. The van der Waals surface area contributed by atoms with Gasteiger partial charge >= 0.3 is 12.0 Å². The average molecular weight is 387 g/mol. The van der Waals surface area contributed by atoms with Crippen molar-refractivity contribution in [3.63, 3.8) is 0 Å². The Morgan fingerprint density at radius 1 is 1.25 bits per heavy atom. The summed E-state index contributed by atoms with van der Waals surface area (Å²) < 4.78 is 10.7. The summed E-state index contributed by atoms with van der Waals surface area (Å²) in [6, 6.07) is 7.16. The van der Waals surface area contributed by atoms with Crippen LogP contribution in [0.2, 0.25) is 0 Å². The number of esters is 1. The lowest BCUT2D eigenvalue weighted by atomic mass is 10.00. The van der Waals surface area contributed by atoms with E-state index in [2.05, 4.69) is 17.2 Å². The Labute approximate surface area is 166 Å². The minimum Gasteiger partial charge on any atom is -0.490 e. The number of hydrogen-bond acceptors (Lipinski definition) is 5. The highest BCUT2D eigenvalue weighted by molar-refractivity contribution is 5.94. The Bertz CT molecular complexity index is 728. The number of carbonyl (C=O) groups is 2. The van der Waals surface area contributed by atoms with Crippen molar-refractivity contribution in [1.29, 1.82) is 0 Å². The smallest absolute Gasteiger partial charge is 0.337 e. The molecule has 0 radical (unpaired) electrons. The first-order chi connectivity index (χ1) is 13.5. The molecule has 1 aliphatic rings. The van der Waals surface area contributed by atoms with Crippen LogP contribution in [0.3, 0.4) is 0 Å². The lowest BCUT2D eigenvalue weighted by Gasteiger charge is -2.30. The summed E-state index contributed by atoms with van der Waals surface area (Å²) in [5, 5.41) is 5.56. The van der Waals surface area contributed by atoms with Crippen LogP contribution in [0.15, 0.2) is 48.2 Å². The number of nitrogens with zero attached hydrogens (tertiary/aromatic N) is 1. The molecular formula is C21H29N3O4. The minimum absolute atomic E-state index is 0.288. The maximum absolute atomic E-state index is 12.4. The molecule has 7 heteroatoms. The zero-order chi connectivity index (χ0) is 20.5. The first-order valence-corrected chi connectivity index (χ1v) is 9.47. The van der Waals surface area contributed by atoms with Crippen LogP contribution in [0.1, 0.15) is 25.8 Å². The predicted octanol–water partition coefficient (Wildman–Crippen LogP) is 2.59. The van der Waals surface area contributed by atoms with Gasteiger partial charge in [-0.1, -0.05) is 31.7 Å². The van der Waals surface area contributed by atoms with Gasteiger partial charge in [-0.2, -0.15) is 0 Å². The summed E-state index contributed by atoms with van der Waals surface area (Å²) in [5.74, 6) is 0.393. The molecule has 1 atom stereocenters. The van der Waals surface area contributed by atoms with Crippen molar-refractivity contribution in [2.24, 2.45) is 0 Å². The van der Waals surface area contributed by atoms with E-state index in [1.807, 2.05) is 43.1 Å². The topological polar surface area (TPSA) is 79.9 Å². The van der Waals surface area contributed by atoms with Crippen molar-refractivity contribution in [2.45, 2.75) is 32.9 Å². The van der Waals surface area contributed by atoms with Gasteiger partial charge in [0.15, 0.2) is 0 Å². The van der Waals surface area contributed by atoms with E-state index in [-0.39, 0.29) is 18.7 Å². The van der Waals surface area contributed by atoms with E-state index in [0.29, 0.717) is 37.4 Å². The first kappa shape index (κ1) is 21.5. The Morgan fingerprint density at radius 2 is 1.96 bits per heavy atom. The lowest BCUT2D eigenvalue weighted by molar-refractivity contribution is -0.139. The highest BCUT2D eigenvalue weighted by Gasteiger charge is 2.31. The van der Waals surface area contributed by atoms with Crippen LogP contribution in [0.25, 0.3) is 0 Å². The lowest BCUT2D eigenvalue weighted by Crippen LogP contribution is -2.51. The molecule has 1 aromatic carbocycles. The van der Waals surface area contributed by atoms with Crippen molar-refractivity contribution in [3.05, 3.63) is 53.8 Å². The molecule has 1 aromatic rings. The van der Waals surface area contributed by atoms with Gasteiger partial charge in [-0.15, -0.1) is 0 Å². The van der Waals surface area contributed by atoms with Crippen LogP contribution >= 0.6 is 0 Å². The van der Waals surface area contributed by atoms with Crippen LogP contribution in [0.4, 0.5) is 4.79 Å². The predicted molar refractivity (Wildman–Crippen MR) is 108 cm³/mol. The van der Waals surface area contributed by atoms with E-state index < -0.39 is 5.97 Å². The zero-order valence-corrected chi connectivity index (χ0v) is 16.8. The first-order valence-electron chi connectivity index (χ1n) is 9.47. The summed E-state index contributed by atoms with van der Waals surface area (Å²) in [6.45, 7) is 9.16. The van der Waals surface area contributed by atoms with Gasteiger partial charge in [-0.25, -0.2) is 9.59 Å². The largest absolute Gasteiger partial charge is 0.490 e. The van der Waals surface area contributed by atoms with Gasteiger partial charge < -0.3 is 20.1 Å². The Hall–Kier alpha value is -2.80. The Morgan fingerprint density at radius 3 is 2.57 bits per heavy atom. The van der Waals surface area contributed by atoms with E-state index in [4.69, 9.17) is 9.47 Å². The molecule has 0 spiro atoms. The summed E-state index contributed by atoms with van der Waals surface area (Å²) in [5.41, 5.74) is 2.17. The molecule has 1 aliphatic heterocycles. The fraction of sp³-hybridized carbons (Fsp3) is 0.429. The fourth-order valence-corrected chi connectivity index (χ4v) is 3.07. The van der Waals surface area contributed by atoms with Crippen LogP contribution in [-0.4, -0.2) is 49.7 Å². The molecule has 152 valence electrons. The SMILES string of the molecule is C=CCOc1ccc(CN(C)CC2=C(C(=O)OCC)C(CC)NC(=O)N2)cc1. The van der Waals surface area contributed by atoms with Crippen molar-refractivity contribution < 1.29 is 19.1 Å². The maximum Gasteiger partial charge on any atom is 0.337 e. The molecule has 0 aliphatic carbocycles. The van der Waals surface area contributed by atoms with Crippen molar-refractivity contribution >= 4 is 12.0 Å². The van der Waals surface area contributed by atoms with Crippen LogP contribution in [0, 0.1) is 0 Å². The van der Waals surface area contributed by atoms with Crippen molar-refractivity contribution in [3.8, 4) is 5.75 Å². The minimum atomic E-state index is -0.394. The normalized spacial score (nSPS) is 16.4. The van der Waals surface area contributed by atoms with Gasteiger partial charge in [0.1, 0.15) is 12.4 Å². The monoisotopic (exact) mass is 387 g/mol. The molecule has 0 aromatic heterocycles. The van der Waals surface area contributed by atoms with Crippen molar-refractivity contribution in [1.82, 2.24) is 15.5 Å². The second-order valence-electron chi connectivity index (χ2n) is 6.59. The van der Waals surface area contributed by atoms with E-state index in [1.165, 1.54) is 0 Å². The molecule has 0 saturated heterocycles. The molecule has 0 fully saturated rings. The number of likely N-dealkylation sites (N-methyl/N-ethyl adjacent to an activating group) is 1. The van der Waals surface area contributed by atoms with Gasteiger partial charge in [0.05, 0.1) is 18.2 Å². The van der Waals surface area contributed by atoms with Crippen LogP contribution < -0.4 is 15.4 Å². The second-order valence-corrected chi connectivity index (χ2v) is 6.59. The van der Waals surface area contributed by atoms with Gasteiger partial charge in [0, 0.05) is 18.8 Å². The Balaban J connectivity index is 2.11. The summed E-state index contributed by atoms with van der Waals surface area (Å²) in [4.78, 5) is 26.5. The number of benzene rings is 1. The number of nitrogens with one attached hydrogen (secondary N) is 2. The van der Waals surface area contributed by atoms with Crippen LogP contribution in [-0.2, 0) is 16.1 Å². The number of urea groups is 1. The molecule has 1 heterocycles. The van der Waals surface area contributed by atoms with Crippen LogP contribution in [0.5, 0.6) is 5.75 Å². The third-order valence-corrected chi connectivity index (χ3v) is 4.32. The van der Waals surface area contributed by atoms with E-state index in [1.54, 1.807) is 13.0 Å². The average Bonchev–Trinajstić information content (AvgIpc) is 2.67. The number of carbonyl (C=O) groups excluding carboxylic acids is 2. The quantitative estimate of drug-likeness (QED) is 0.477. The summed E-state index contributed by atoms with van der Waals surface area (Å²) in [6.07, 6.45) is 2.31. The van der Waals surface area contributed by atoms with Gasteiger partial charge in [0.25, 0.3) is 0 Å². The molecule has 1 unspecified atom stereocenters. The molecule has 28 heavy (non-hydrogen) atoms. The molecule has 2 N–H and O–H groups in total. The molecular weight excluding hydrogens is 358 g/mol.